The van der Waals surface area contributed by atoms with E-state index in [1.54, 1.807) is 18.5 Å². The minimum Gasteiger partial charge on any atom is -0.297 e. The molecule has 4 rings (SSSR count). The Hall–Kier alpha value is -2.84. The van der Waals surface area contributed by atoms with Crippen LogP contribution in [-0.4, -0.2) is 39.0 Å². The minimum absolute atomic E-state index is 0.354. The Labute approximate surface area is 174 Å². The van der Waals surface area contributed by atoms with Crippen LogP contribution >= 0.6 is 11.3 Å². The average molecular weight is 409 g/mol. The molecule has 8 heteroatoms. The maximum Gasteiger partial charge on any atom is 0.326 e. The average Bonchev–Trinajstić information content (AvgIpc) is 3.17. The number of urea groups is 1. The Kier molecular flexibility index (Phi) is 6.12. The molecule has 1 atom stereocenters. The number of pyridine rings is 2. The molecule has 2 N–H and O–H groups in total. The third kappa shape index (κ3) is 5.36. The van der Waals surface area contributed by atoms with Crippen molar-refractivity contribution in [2.75, 3.05) is 23.7 Å². The smallest absolute Gasteiger partial charge is 0.297 e. The van der Waals surface area contributed by atoms with Crippen LogP contribution in [0.1, 0.15) is 25.5 Å². The van der Waals surface area contributed by atoms with Crippen LogP contribution in [0.4, 0.5) is 16.4 Å². The summed E-state index contributed by atoms with van der Waals surface area (Å²) in [6, 6.07) is 9.15. The van der Waals surface area contributed by atoms with Crippen molar-refractivity contribution in [3.05, 3.63) is 53.8 Å². The first-order valence-electron chi connectivity index (χ1n) is 9.78. The van der Waals surface area contributed by atoms with Crippen LogP contribution in [0.25, 0.3) is 10.6 Å². The van der Waals surface area contributed by atoms with Crippen LogP contribution in [0, 0.1) is 5.92 Å². The molecule has 0 radical (unpaired) electrons. The zero-order valence-corrected chi connectivity index (χ0v) is 17.2. The molecule has 150 valence electrons. The summed E-state index contributed by atoms with van der Waals surface area (Å²) in [5.41, 5.74) is 1.94. The van der Waals surface area contributed by atoms with Gasteiger partial charge in [0.2, 0.25) is 0 Å². The maximum atomic E-state index is 12.4. The van der Waals surface area contributed by atoms with Gasteiger partial charge in [-0.3, -0.25) is 20.5 Å². The molecule has 1 aliphatic rings. The highest BCUT2D eigenvalue weighted by Crippen LogP contribution is 2.25. The number of hydrogen-bond donors (Lipinski definition) is 2. The number of aromatic nitrogens is 3. The van der Waals surface area contributed by atoms with Gasteiger partial charge in [0.1, 0.15) is 16.6 Å². The number of nitrogens with one attached hydrogen (secondary N) is 2. The van der Waals surface area contributed by atoms with Crippen LogP contribution in [0.15, 0.2) is 48.1 Å². The molecule has 0 saturated carbocycles. The summed E-state index contributed by atoms with van der Waals surface area (Å²) in [5, 5.41) is 8.22. The van der Waals surface area contributed by atoms with Crippen LogP contribution in [0.3, 0.4) is 0 Å². The second-order valence-electron chi connectivity index (χ2n) is 7.35. The summed E-state index contributed by atoms with van der Waals surface area (Å²) >= 11 is 1.47. The second-order valence-corrected chi connectivity index (χ2v) is 8.21. The van der Waals surface area contributed by atoms with Crippen molar-refractivity contribution < 1.29 is 4.79 Å². The SMILES string of the molecule is C[C@H]1CCCN(Cc2cccc(NC(=O)Nc3csc(-c4ccncc4)n3)n2)C1. The predicted octanol–water partition coefficient (Wildman–Crippen LogP) is 4.48. The highest BCUT2D eigenvalue weighted by Gasteiger charge is 2.17. The third-order valence-electron chi connectivity index (χ3n) is 4.85. The highest BCUT2D eigenvalue weighted by molar-refractivity contribution is 7.13. The van der Waals surface area contributed by atoms with Crippen molar-refractivity contribution >= 4 is 29.0 Å². The molecule has 0 bridgehead atoms. The molecule has 1 saturated heterocycles. The van der Waals surface area contributed by atoms with Crippen molar-refractivity contribution in [1.29, 1.82) is 0 Å². The lowest BCUT2D eigenvalue weighted by molar-refractivity contribution is 0.175. The van der Waals surface area contributed by atoms with E-state index in [0.717, 1.165) is 41.8 Å². The second kappa shape index (κ2) is 9.11. The first-order chi connectivity index (χ1) is 14.2. The number of rotatable bonds is 5. The van der Waals surface area contributed by atoms with Gasteiger partial charge in [-0.1, -0.05) is 13.0 Å². The van der Waals surface area contributed by atoms with Crippen molar-refractivity contribution in [1.82, 2.24) is 19.9 Å². The molecule has 2 amide bonds. The number of likely N-dealkylation sites (tertiary alicyclic amines) is 1. The van der Waals surface area contributed by atoms with E-state index < -0.39 is 0 Å². The van der Waals surface area contributed by atoms with E-state index in [4.69, 9.17) is 0 Å². The zero-order valence-electron chi connectivity index (χ0n) is 16.3. The van der Waals surface area contributed by atoms with Crippen molar-refractivity contribution in [3.63, 3.8) is 0 Å². The molecule has 0 spiro atoms. The molecule has 1 fully saturated rings. The van der Waals surface area contributed by atoms with Crippen LogP contribution in [0.5, 0.6) is 0 Å². The molecule has 0 aromatic carbocycles. The largest absolute Gasteiger partial charge is 0.326 e. The predicted molar refractivity (Wildman–Crippen MR) is 116 cm³/mol. The van der Waals surface area contributed by atoms with E-state index in [1.807, 2.05) is 29.6 Å². The van der Waals surface area contributed by atoms with E-state index in [9.17, 15) is 4.79 Å². The first kappa shape index (κ1) is 19.5. The minimum atomic E-state index is -0.354. The Balaban J connectivity index is 1.34. The van der Waals surface area contributed by atoms with Gasteiger partial charge in [-0.25, -0.2) is 14.8 Å². The van der Waals surface area contributed by atoms with Gasteiger partial charge in [-0.15, -0.1) is 11.3 Å². The quantitative estimate of drug-likeness (QED) is 0.650. The Morgan fingerprint density at radius 3 is 2.83 bits per heavy atom. The highest BCUT2D eigenvalue weighted by atomic mass is 32.1. The van der Waals surface area contributed by atoms with E-state index in [-0.39, 0.29) is 6.03 Å². The number of piperidine rings is 1. The topological polar surface area (TPSA) is 83.0 Å². The Morgan fingerprint density at radius 2 is 2.00 bits per heavy atom. The van der Waals surface area contributed by atoms with Crippen LogP contribution < -0.4 is 10.6 Å². The van der Waals surface area contributed by atoms with E-state index in [2.05, 4.69) is 37.4 Å². The molecule has 7 nitrogen and oxygen atoms in total. The van der Waals surface area contributed by atoms with Gasteiger partial charge in [0.05, 0.1) is 5.69 Å². The van der Waals surface area contributed by atoms with Gasteiger partial charge in [-0.2, -0.15) is 0 Å². The molecule has 0 unspecified atom stereocenters. The summed E-state index contributed by atoms with van der Waals surface area (Å²) in [6.45, 7) is 5.31. The molecule has 0 aliphatic carbocycles. The van der Waals surface area contributed by atoms with Crippen molar-refractivity contribution in [2.45, 2.75) is 26.3 Å². The van der Waals surface area contributed by atoms with E-state index >= 15 is 0 Å². The standard InChI is InChI=1S/C21H24N6OS/c1-15-4-3-11-27(12-15)13-17-5-2-6-18(23-17)25-21(28)26-19-14-29-20(24-19)16-7-9-22-10-8-16/h2,5-10,14-15H,3-4,11-13H2,1H3,(H2,23,25,26,28)/t15-/m0/s1. The van der Waals surface area contributed by atoms with Gasteiger partial charge in [0.15, 0.2) is 0 Å². The zero-order chi connectivity index (χ0) is 20.1. The lowest BCUT2D eigenvalue weighted by atomic mass is 10.0. The molecule has 29 heavy (non-hydrogen) atoms. The first-order valence-corrected chi connectivity index (χ1v) is 10.7. The molecular formula is C21H24N6OS. The Bertz CT molecular complexity index is 961. The fraction of sp³-hybridized carbons (Fsp3) is 0.333. The molecule has 4 heterocycles. The third-order valence-corrected chi connectivity index (χ3v) is 5.74. The number of carbonyl (C=O) groups is 1. The van der Waals surface area contributed by atoms with Gasteiger partial charge in [-0.05, 0) is 49.6 Å². The normalized spacial score (nSPS) is 17.1. The number of nitrogens with zero attached hydrogens (tertiary/aromatic N) is 4. The van der Waals surface area contributed by atoms with E-state index in [1.165, 1.54) is 24.2 Å². The van der Waals surface area contributed by atoms with Gasteiger partial charge in [0, 0.05) is 36.4 Å². The molecule has 1 aliphatic heterocycles. The van der Waals surface area contributed by atoms with Crippen LogP contribution in [0.2, 0.25) is 0 Å². The number of anilines is 2. The molecular weight excluding hydrogens is 384 g/mol. The summed E-state index contributed by atoms with van der Waals surface area (Å²) < 4.78 is 0. The van der Waals surface area contributed by atoms with Gasteiger partial charge >= 0.3 is 6.03 Å². The summed E-state index contributed by atoms with van der Waals surface area (Å²) in [6.07, 6.45) is 5.97. The summed E-state index contributed by atoms with van der Waals surface area (Å²) in [7, 11) is 0. The Morgan fingerprint density at radius 1 is 1.17 bits per heavy atom. The molecule has 3 aromatic rings. The lowest BCUT2D eigenvalue weighted by Crippen LogP contribution is -2.34. The van der Waals surface area contributed by atoms with Crippen molar-refractivity contribution in [3.8, 4) is 10.6 Å². The summed E-state index contributed by atoms with van der Waals surface area (Å²) in [5.74, 6) is 1.78. The van der Waals surface area contributed by atoms with Gasteiger partial charge < -0.3 is 0 Å². The van der Waals surface area contributed by atoms with Crippen molar-refractivity contribution in [2.24, 2.45) is 5.92 Å². The summed E-state index contributed by atoms with van der Waals surface area (Å²) in [4.78, 5) is 27.8. The number of hydrogen-bond acceptors (Lipinski definition) is 6. The van der Waals surface area contributed by atoms with Crippen LogP contribution in [-0.2, 0) is 6.54 Å². The number of thiazole rings is 1. The van der Waals surface area contributed by atoms with E-state index in [0.29, 0.717) is 11.6 Å². The number of amides is 2. The van der Waals surface area contributed by atoms with Gasteiger partial charge in [0.25, 0.3) is 0 Å². The fourth-order valence-electron chi connectivity index (χ4n) is 3.52. The monoisotopic (exact) mass is 408 g/mol. The maximum absolute atomic E-state index is 12.4. The fourth-order valence-corrected chi connectivity index (χ4v) is 4.28. The molecule has 3 aromatic heterocycles. The number of carbonyl (C=O) groups excluding carboxylic acids is 1. The lowest BCUT2D eigenvalue weighted by Gasteiger charge is -2.30.